The largest absolute Gasteiger partial charge is 0.492 e. The molecule has 0 aromatic heterocycles. The summed E-state index contributed by atoms with van der Waals surface area (Å²) in [5, 5.41) is 3.81. The first-order chi connectivity index (χ1) is 13.6. The van der Waals surface area contributed by atoms with Gasteiger partial charge in [-0.2, -0.15) is 0 Å². The van der Waals surface area contributed by atoms with Gasteiger partial charge in [-0.3, -0.25) is 4.79 Å². The van der Waals surface area contributed by atoms with Crippen molar-refractivity contribution in [1.82, 2.24) is 4.90 Å². The molecule has 28 heavy (non-hydrogen) atoms. The Kier molecular flexibility index (Phi) is 5.74. The number of ether oxygens (including phenoxy) is 1. The molecule has 1 atom stereocenters. The zero-order valence-electron chi connectivity index (χ0n) is 16.2. The number of para-hydroxylation sites is 2. The molecule has 0 radical (unpaired) electrons. The van der Waals surface area contributed by atoms with Crippen LogP contribution in [0.15, 0.2) is 42.5 Å². The molecule has 2 aliphatic rings. The van der Waals surface area contributed by atoms with Crippen molar-refractivity contribution in [3.63, 3.8) is 0 Å². The molecule has 6 heteroatoms. The smallest absolute Gasteiger partial charge is 0.231 e. The van der Waals surface area contributed by atoms with Crippen LogP contribution in [0.5, 0.6) is 5.75 Å². The predicted molar refractivity (Wildman–Crippen MR) is 114 cm³/mol. The monoisotopic (exact) mass is 399 g/mol. The molecule has 0 spiro atoms. The summed E-state index contributed by atoms with van der Waals surface area (Å²) in [4.78, 5) is 17.7. The van der Waals surface area contributed by atoms with E-state index < -0.39 is 0 Å². The molecule has 2 aliphatic heterocycles. The first-order valence-electron chi connectivity index (χ1n) is 9.92. The zero-order valence-corrected chi connectivity index (χ0v) is 16.9. The summed E-state index contributed by atoms with van der Waals surface area (Å²) in [6.07, 6.45) is 0.638. The van der Waals surface area contributed by atoms with Gasteiger partial charge in [0.05, 0.1) is 17.3 Å². The summed E-state index contributed by atoms with van der Waals surface area (Å²) in [5.41, 5.74) is 2.95. The van der Waals surface area contributed by atoms with Crippen molar-refractivity contribution in [2.75, 3.05) is 49.5 Å². The third-order valence-corrected chi connectivity index (χ3v) is 5.86. The van der Waals surface area contributed by atoms with Gasteiger partial charge < -0.3 is 19.9 Å². The summed E-state index contributed by atoms with van der Waals surface area (Å²) in [6, 6.07) is 13.6. The number of hydrogen-bond acceptors (Lipinski definition) is 4. The van der Waals surface area contributed by atoms with Crippen molar-refractivity contribution in [2.24, 2.45) is 5.92 Å². The highest BCUT2D eigenvalue weighted by Crippen LogP contribution is 2.32. The maximum absolute atomic E-state index is 12.9. The predicted octanol–water partition coefficient (Wildman–Crippen LogP) is 3.67. The molecule has 5 nitrogen and oxygen atoms in total. The van der Waals surface area contributed by atoms with Gasteiger partial charge in [-0.1, -0.05) is 30.7 Å². The normalized spacial score (nSPS) is 19.6. The van der Waals surface area contributed by atoms with Crippen LogP contribution in [0.1, 0.15) is 12.5 Å². The number of nitrogens with zero attached hydrogens (tertiary/aromatic N) is 2. The number of carbonyl (C=O) groups is 1. The minimum absolute atomic E-state index is 0.00901. The van der Waals surface area contributed by atoms with Crippen LogP contribution in [0.2, 0.25) is 5.02 Å². The highest BCUT2D eigenvalue weighted by atomic mass is 35.5. The van der Waals surface area contributed by atoms with Crippen molar-refractivity contribution in [3.05, 3.63) is 53.1 Å². The van der Waals surface area contributed by atoms with Crippen LogP contribution in [0.3, 0.4) is 0 Å². The molecule has 2 heterocycles. The molecule has 0 bridgehead atoms. The number of amides is 1. The van der Waals surface area contributed by atoms with E-state index in [1.54, 1.807) is 0 Å². The van der Waals surface area contributed by atoms with Crippen LogP contribution < -0.4 is 15.0 Å². The Morgan fingerprint density at radius 1 is 1.18 bits per heavy atom. The number of carbonyl (C=O) groups excluding carboxylic acids is 1. The van der Waals surface area contributed by atoms with Gasteiger partial charge in [0.1, 0.15) is 12.4 Å². The number of piperazine rings is 1. The number of hydrogen-bond donors (Lipinski definition) is 1. The number of benzene rings is 2. The van der Waals surface area contributed by atoms with Gasteiger partial charge in [0.2, 0.25) is 5.91 Å². The number of likely N-dealkylation sites (N-methyl/N-ethyl adjacent to an activating group) is 1. The summed E-state index contributed by atoms with van der Waals surface area (Å²) in [6.45, 7) is 7.70. The van der Waals surface area contributed by atoms with Gasteiger partial charge in [0, 0.05) is 31.2 Å². The van der Waals surface area contributed by atoms with Gasteiger partial charge in [0.25, 0.3) is 0 Å². The molecule has 0 aliphatic carbocycles. The number of rotatable bonds is 4. The van der Waals surface area contributed by atoms with E-state index in [0.717, 1.165) is 55.4 Å². The molecule has 0 saturated carbocycles. The summed E-state index contributed by atoms with van der Waals surface area (Å²) >= 11 is 6.10. The Hall–Kier alpha value is -2.24. The standard InChI is InChI=1S/C22H26ClN3O2/c1-2-25-9-11-26(12-10-25)20-6-4-3-5-19(20)24-22(27)17-13-16-14-18(23)7-8-21(16)28-15-17/h3-8,14,17H,2,9-13,15H2,1H3,(H,24,27)/t17-/m1/s1. The maximum atomic E-state index is 12.9. The Morgan fingerprint density at radius 2 is 1.96 bits per heavy atom. The molecule has 1 N–H and O–H groups in total. The van der Waals surface area contributed by atoms with Gasteiger partial charge in [-0.05, 0) is 48.9 Å². The van der Waals surface area contributed by atoms with Crippen LogP contribution in [0, 0.1) is 5.92 Å². The molecular weight excluding hydrogens is 374 g/mol. The van der Waals surface area contributed by atoms with Crippen molar-refractivity contribution >= 4 is 28.9 Å². The molecule has 4 rings (SSSR count). The molecular formula is C22H26ClN3O2. The second-order valence-corrected chi connectivity index (χ2v) is 7.83. The van der Waals surface area contributed by atoms with E-state index in [9.17, 15) is 4.79 Å². The second-order valence-electron chi connectivity index (χ2n) is 7.39. The quantitative estimate of drug-likeness (QED) is 0.851. The van der Waals surface area contributed by atoms with Gasteiger partial charge in [-0.25, -0.2) is 0 Å². The topological polar surface area (TPSA) is 44.8 Å². The van der Waals surface area contributed by atoms with Gasteiger partial charge in [0.15, 0.2) is 0 Å². The zero-order chi connectivity index (χ0) is 19.5. The number of fused-ring (bicyclic) bond motifs is 1. The lowest BCUT2D eigenvalue weighted by Crippen LogP contribution is -2.46. The van der Waals surface area contributed by atoms with Crippen LogP contribution in [0.25, 0.3) is 0 Å². The molecule has 1 fully saturated rings. The van der Waals surface area contributed by atoms with E-state index in [1.807, 2.05) is 36.4 Å². The van der Waals surface area contributed by atoms with Crippen LogP contribution in [0.4, 0.5) is 11.4 Å². The van der Waals surface area contributed by atoms with Crippen molar-refractivity contribution < 1.29 is 9.53 Å². The number of halogens is 1. The first-order valence-corrected chi connectivity index (χ1v) is 10.3. The van der Waals surface area contributed by atoms with E-state index in [-0.39, 0.29) is 11.8 Å². The third kappa shape index (κ3) is 4.10. The van der Waals surface area contributed by atoms with E-state index in [4.69, 9.17) is 16.3 Å². The average Bonchev–Trinajstić information content (AvgIpc) is 2.73. The first kappa shape index (κ1) is 19.1. The maximum Gasteiger partial charge on any atom is 0.231 e. The highest BCUT2D eigenvalue weighted by Gasteiger charge is 2.27. The Labute approximate surface area is 171 Å². The highest BCUT2D eigenvalue weighted by molar-refractivity contribution is 6.30. The Bertz CT molecular complexity index is 849. The molecule has 2 aromatic rings. The lowest BCUT2D eigenvalue weighted by molar-refractivity contribution is -0.121. The summed E-state index contributed by atoms with van der Waals surface area (Å²) in [7, 11) is 0. The SMILES string of the molecule is CCN1CCN(c2ccccc2NC(=O)[C@H]2COc3ccc(Cl)cc3C2)CC1. The third-order valence-electron chi connectivity index (χ3n) is 5.62. The molecule has 2 aromatic carbocycles. The fourth-order valence-corrected chi connectivity index (χ4v) is 4.12. The van der Waals surface area contributed by atoms with Crippen LogP contribution in [-0.4, -0.2) is 50.1 Å². The van der Waals surface area contributed by atoms with Crippen LogP contribution >= 0.6 is 11.6 Å². The molecule has 1 saturated heterocycles. The minimum atomic E-state index is -0.226. The van der Waals surface area contributed by atoms with E-state index in [0.29, 0.717) is 18.1 Å². The Balaban J connectivity index is 1.45. The average molecular weight is 400 g/mol. The van der Waals surface area contributed by atoms with Crippen molar-refractivity contribution in [3.8, 4) is 5.75 Å². The lowest BCUT2D eigenvalue weighted by Gasteiger charge is -2.36. The lowest BCUT2D eigenvalue weighted by atomic mass is 9.96. The summed E-state index contributed by atoms with van der Waals surface area (Å²) in [5.74, 6) is 0.587. The molecule has 148 valence electrons. The van der Waals surface area contributed by atoms with E-state index >= 15 is 0 Å². The Morgan fingerprint density at radius 3 is 2.75 bits per heavy atom. The van der Waals surface area contributed by atoms with Crippen molar-refractivity contribution in [1.29, 1.82) is 0 Å². The number of nitrogens with one attached hydrogen (secondary N) is 1. The van der Waals surface area contributed by atoms with Crippen LogP contribution in [-0.2, 0) is 11.2 Å². The second kappa shape index (κ2) is 8.41. The molecule has 0 unspecified atom stereocenters. The fraction of sp³-hybridized carbons (Fsp3) is 0.409. The van der Waals surface area contributed by atoms with Gasteiger partial charge in [-0.15, -0.1) is 0 Å². The summed E-state index contributed by atoms with van der Waals surface area (Å²) < 4.78 is 5.79. The minimum Gasteiger partial charge on any atom is -0.492 e. The van der Waals surface area contributed by atoms with E-state index in [1.165, 1.54) is 0 Å². The fourth-order valence-electron chi connectivity index (χ4n) is 3.93. The van der Waals surface area contributed by atoms with E-state index in [2.05, 4.69) is 28.1 Å². The number of anilines is 2. The molecule has 1 amide bonds. The van der Waals surface area contributed by atoms with Gasteiger partial charge >= 0.3 is 0 Å². The van der Waals surface area contributed by atoms with Crippen molar-refractivity contribution in [2.45, 2.75) is 13.3 Å².